The van der Waals surface area contributed by atoms with Crippen LogP contribution in [0.15, 0.2) is 54.6 Å². The molecule has 0 bridgehead atoms. The Labute approximate surface area is 142 Å². The Morgan fingerprint density at radius 2 is 1.92 bits per heavy atom. The fourth-order valence-corrected chi connectivity index (χ4v) is 3.12. The van der Waals surface area contributed by atoms with Gasteiger partial charge >= 0.3 is 0 Å². The maximum Gasteiger partial charge on any atom is 0.220 e. The van der Waals surface area contributed by atoms with Crippen molar-refractivity contribution in [1.82, 2.24) is 5.32 Å². The van der Waals surface area contributed by atoms with Crippen molar-refractivity contribution in [3.05, 3.63) is 65.7 Å². The van der Waals surface area contributed by atoms with E-state index < -0.39 is 0 Å². The molecule has 24 heavy (non-hydrogen) atoms. The third-order valence-electron chi connectivity index (χ3n) is 4.49. The molecule has 1 heterocycles. The first kappa shape index (κ1) is 16.5. The van der Waals surface area contributed by atoms with Crippen molar-refractivity contribution in [1.29, 1.82) is 0 Å². The van der Waals surface area contributed by atoms with Crippen molar-refractivity contribution in [3.8, 4) is 5.75 Å². The number of amides is 1. The molecule has 1 aliphatic rings. The van der Waals surface area contributed by atoms with Crippen LogP contribution in [0, 0.1) is 5.92 Å². The van der Waals surface area contributed by atoms with Gasteiger partial charge in [0.25, 0.3) is 0 Å². The van der Waals surface area contributed by atoms with E-state index in [0.717, 1.165) is 24.2 Å². The molecule has 2 aromatic rings. The number of benzene rings is 2. The van der Waals surface area contributed by atoms with E-state index in [1.165, 1.54) is 0 Å². The highest BCUT2D eigenvalue weighted by Gasteiger charge is 2.28. The number of aromatic hydroxyl groups is 1. The molecule has 126 valence electrons. The molecule has 2 aromatic carbocycles. The molecule has 0 radical (unpaired) electrons. The summed E-state index contributed by atoms with van der Waals surface area (Å²) >= 11 is 0. The summed E-state index contributed by atoms with van der Waals surface area (Å²) in [6.07, 6.45) is 2.06. The molecule has 1 saturated heterocycles. The van der Waals surface area contributed by atoms with Crippen molar-refractivity contribution in [2.75, 3.05) is 13.2 Å². The zero-order chi connectivity index (χ0) is 16.8. The highest BCUT2D eigenvalue weighted by atomic mass is 16.5. The number of rotatable bonds is 6. The Bertz CT molecular complexity index is 648. The number of carbonyl (C=O) groups excluding carboxylic acids is 1. The quantitative estimate of drug-likeness (QED) is 0.857. The number of nitrogens with one attached hydrogen (secondary N) is 1. The van der Waals surface area contributed by atoms with Gasteiger partial charge in [0, 0.05) is 18.9 Å². The largest absolute Gasteiger partial charge is 0.508 e. The highest BCUT2D eigenvalue weighted by Crippen LogP contribution is 2.28. The lowest BCUT2D eigenvalue weighted by atomic mass is 9.92. The summed E-state index contributed by atoms with van der Waals surface area (Å²) in [4.78, 5) is 12.4. The van der Waals surface area contributed by atoms with Crippen molar-refractivity contribution in [2.24, 2.45) is 5.92 Å². The molecule has 1 fully saturated rings. The summed E-state index contributed by atoms with van der Waals surface area (Å²) in [5, 5.41) is 12.5. The average Bonchev–Trinajstić information content (AvgIpc) is 3.14. The maximum atomic E-state index is 12.4. The Hall–Kier alpha value is -2.33. The molecule has 0 spiro atoms. The van der Waals surface area contributed by atoms with Crippen LogP contribution in [-0.4, -0.2) is 24.2 Å². The van der Waals surface area contributed by atoms with Gasteiger partial charge in [-0.05, 0) is 36.1 Å². The topological polar surface area (TPSA) is 58.6 Å². The van der Waals surface area contributed by atoms with Crippen LogP contribution in [0.5, 0.6) is 5.75 Å². The van der Waals surface area contributed by atoms with Crippen LogP contribution >= 0.6 is 0 Å². The standard InChI is InChI=1S/C20H23NO3/c22-18-9-6-15(7-10-18)8-11-19(23)21-20(17-12-13-24-14-17)16-4-2-1-3-5-16/h1-7,9-10,17,20,22H,8,11-14H2,(H,21,23). The predicted molar refractivity (Wildman–Crippen MR) is 92.7 cm³/mol. The molecule has 1 amide bonds. The molecule has 4 nitrogen and oxygen atoms in total. The van der Waals surface area contributed by atoms with Gasteiger partial charge in [0.1, 0.15) is 5.75 Å². The molecule has 2 unspecified atom stereocenters. The molecule has 2 atom stereocenters. The van der Waals surface area contributed by atoms with Crippen molar-refractivity contribution in [3.63, 3.8) is 0 Å². The van der Waals surface area contributed by atoms with Crippen LogP contribution in [-0.2, 0) is 16.0 Å². The fraction of sp³-hybridized carbons (Fsp3) is 0.350. The van der Waals surface area contributed by atoms with E-state index in [1.54, 1.807) is 12.1 Å². The smallest absolute Gasteiger partial charge is 0.220 e. The Morgan fingerprint density at radius 3 is 2.58 bits per heavy atom. The van der Waals surface area contributed by atoms with Crippen molar-refractivity contribution < 1.29 is 14.6 Å². The van der Waals surface area contributed by atoms with Crippen LogP contribution in [0.3, 0.4) is 0 Å². The number of aryl methyl sites for hydroxylation is 1. The fourth-order valence-electron chi connectivity index (χ4n) is 3.12. The lowest BCUT2D eigenvalue weighted by molar-refractivity contribution is -0.122. The monoisotopic (exact) mass is 325 g/mol. The lowest BCUT2D eigenvalue weighted by Gasteiger charge is -2.24. The Morgan fingerprint density at radius 1 is 1.17 bits per heavy atom. The summed E-state index contributed by atoms with van der Waals surface area (Å²) in [5.74, 6) is 0.613. The molecule has 2 N–H and O–H groups in total. The highest BCUT2D eigenvalue weighted by molar-refractivity contribution is 5.76. The number of ether oxygens (including phenoxy) is 1. The minimum absolute atomic E-state index is 0.000942. The zero-order valence-electron chi connectivity index (χ0n) is 13.7. The third kappa shape index (κ3) is 4.36. The van der Waals surface area contributed by atoms with Gasteiger partial charge in [0.2, 0.25) is 5.91 Å². The Kier molecular flexibility index (Phi) is 5.49. The first-order valence-electron chi connectivity index (χ1n) is 8.42. The number of hydrogen-bond acceptors (Lipinski definition) is 3. The number of carbonyl (C=O) groups is 1. The van der Waals surface area contributed by atoms with Crippen LogP contribution < -0.4 is 5.32 Å². The Balaban J connectivity index is 1.61. The number of hydrogen-bond donors (Lipinski definition) is 2. The summed E-state index contributed by atoms with van der Waals surface area (Å²) in [7, 11) is 0. The summed E-state index contributed by atoms with van der Waals surface area (Å²) < 4.78 is 5.51. The van der Waals surface area contributed by atoms with Gasteiger partial charge in [-0.3, -0.25) is 4.79 Å². The number of phenolic OH excluding ortho intramolecular Hbond substituents is 1. The van der Waals surface area contributed by atoms with Gasteiger partial charge in [-0.25, -0.2) is 0 Å². The predicted octanol–water partition coefficient (Wildman–Crippen LogP) is 3.22. The zero-order valence-corrected chi connectivity index (χ0v) is 13.7. The van der Waals surface area contributed by atoms with Gasteiger partial charge in [-0.2, -0.15) is 0 Å². The van der Waals surface area contributed by atoms with E-state index in [4.69, 9.17) is 4.74 Å². The van der Waals surface area contributed by atoms with E-state index in [0.29, 0.717) is 25.4 Å². The summed E-state index contributed by atoms with van der Waals surface area (Å²) in [6.45, 7) is 1.45. The van der Waals surface area contributed by atoms with E-state index in [9.17, 15) is 9.90 Å². The number of phenols is 1. The third-order valence-corrected chi connectivity index (χ3v) is 4.49. The van der Waals surface area contributed by atoms with Gasteiger partial charge in [-0.15, -0.1) is 0 Å². The molecular weight excluding hydrogens is 302 g/mol. The van der Waals surface area contributed by atoms with Gasteiger partial charge in [-0.1, -0.05) is 42.5 Å². The van der Waals surface area contributed by atoms with E-state index in [1.807, 2.05) is 30.3 Å². The first-order chi connectivity index (χ1) is 11.7. The second kappa shape index (κ2) is 7.97. The minimum atomic E-state index is 0.000942. The summed E-state index contributed by atoms with van der Waals surface area (Å²) in [6, 6.07) is 17.1. The van der Waals surface area contributed by atoms with Crippen molar-refractivity contribution >= 4 is 5.91 Å². The van der Waals surface area contributed by atoms with Gasteiger partial charge < -0.3 is 15.2 Å². The molecule has 0 aliphatic carbocycles. The molecular formula is C20H23NO3. The van der Waals surface area contributed by atoms with Crippen LogP contribution in [0.2, 0.25) is 0 Å². The van der Waals surface area contributed by atoms with Gasteiger partial charge in [0.05, 0.1) is 12.6 Å². The molecule has 0 saturated carbocycles. The van der Waals surface area contributed by atoms with Gasteiger partial charge in [0.15, 0.2) is 0 Å². The van der Waals surface area contributed by atoms with E-state index in [2.05, 4.69) is 17.4 Å². The average molecular weight is 325 g/mol. The van der Waals surface area contributed by atoms with E-state index in [-0.39, 0.29) is 17.7 Å². The second-order valence-corrected chi connectivity index (χ2v) is 6.25. The van der Waals surface area contributed by atoms with Crippen LogP contribution in [0.1, 0.15) is 30.0 Å². The van der Waals surface area contributed by atoms with Crippen LogP contribution in [0.4, 0.5) is 0 Å². The van der Waals surface area contributed by atoms with Crippen LogP contribution in [0.25, 0.3) is 0 Å². The second-order valence-electron chi connectivity index (χ2n) is 6.25. The normalized spacial score (nSPS) is 18.2. The van der Waals surface area contributed by atoms with Crippen molar-refractivity contribution in [2.45, 2.75) is 25.3 Å². The SMILES string of the molecule is O=C(CCc1ccc(O)cc1)NC(c1ccccc1)C1CCOC1. The molecule has 0 aromatic heterocycles. The first-order valence-corrected chi connectivity index (χ1v) is 8.42. The minimum Gasteiger partial charge on any atom is -0.508 e. The lowest BCUT2D eigenvalue weighted by Crippen LogP contribution is -2.34. The summed E-state index contributed by atoms with van der Waals surface area (Å²) in [5.41, 5.74) is 2.18. The molecule has 1 aliphatic heterocycles. The molecule has 3 rings (SSSR count). The maximum absolute atomic E-state index is 12.4. The van der Waals surface area contributed by atoms with E-state index >= 15 is 0 Å². The molecule has 4 heteroatoms.